The van der Waals surface area contributed by atoms with Crippen LogP contribution in [-0.2, 0) is 14.3 Å². The summed E-state index contributed by atoms with van der Waals surface area (Å²) in [5.41, 5.74) is 2.10. The Labute approximate surface area is 252 Å². The van der Waals surface area contributed by atoms with E-state index in [1.54, 1.807) is 18.2 Å². The third-order valence-corrected chi connectivity index (χ3v) is 9.05. The van der Waals surface area contributed by atoms with Gasteiger partial charge in [-0.3, -0.25) is 19.3 Å². The predicted octanol–water partition coefficient (Wildman–Crippen LogP) is 5.47. The van der Waals surface area contributed by atoms with E-state index in [2.05, 4.69) is 12.1 Å². The molecule has 2 heterocycles. The molecular formula is C35H27NO8. The molecule has 5 atom stereocenters. The quantitative estimate of drug-likeness (QED) is 0.115. The van der Waals surface area contributed by atoms with Crippen LogP contribution in [0, 0.1) is 23.7 Å². The summed E-state index contributed by atoms with van der Waals surface area (Å²) in [7, 11) is 0. The van der Waals surface area contributed by atoms with Crippen LogP contribution in [-0.4, -0.2) is 36.1 Å². The minimum atomic E-state index is -0.714. The maximum absolute atomic E-state index is 13.6. The van der Waals surface area contributed by atoms with Gasteiger partial charge in [-0.25, -0.2) is 9.59 Å². The maximum atomic E-state index is 13.6. The third-order valence-electron chi connectivity index (χ3n) is 9.05. The van der Waals surface area contributed by atoms with E-state index in [0.29, 0.717) is 5.69 Å². The van der Waals surface area contributed by atoms with Gasteiger partial charge in [0.05, 0.1) is 29.3 Å². The van der Waals surface area contributed by atoms with Gasteiger partial charge in [0, 0.05) is 5.56 Å². The van der Waals surface area contributed by atoms with E-state index in [0.717, 1.165) is 12.8 Å². The van der Waals surface area contributed by atoms with Gasteiger partial charge in [-0.05, 0) is 96.8 Å². The van der Waals surface area contributed by atoms with E-state index in [1.165, 1.54) is 59.2 Å². The molecule has 4 aromatic rings. The second kappa shape index (κ2) is 11.1. The molecule has 0 N–H and O–H groups in total. The van der Waals surface area contributed by atoms with Crippen molar-refractivity contribution in [2.24, 2.45) is 23.7 Å². The van der Waals surface area contributed by atoms with Crippen molar-refractivity contribution in [1.29, 1.82) is 0 Å². The summed E-state index contributed by atoms with van der Waals surface area (Å²) in [6.45, 7) is -0.496. The van der Waals surface area contributed by atoms with E-state index in [4.69, 9.17) is 13.9 Å². The Balaban J connectivity index is 0.958. The van der Waals surface area contributed by atoms with Crippen molar-refractivity contribution in [3.63, 3.8) is 0 Å². The van der Waals surface area contributed by atoms with Gasteiger partial charge >= 0.3 is 11.9 Å². The van der Waals surface area contributed by atoms with Gasteiger partial charge in [0.2, 0.25) is 17.6 Å². The Morgan fingerprint density at radius 1 is 0.750 bits per heavy atom. The van der Waals surface area contributed by atoms with Crippen molar-refractivity contribution in [2.45, 2.75) is 18.8 Å². The number of anilines is 1. The zero-order valence-electron chi connectivity index (χ0n) is 23.5. The molecule has 3 aromatic carbocycles. The lowest BCUT2D eigenvalue weighted by atomic mass is 9.73. The molecule has 1 saturated heterocycles. The van der Waals surface area contributed by atoms with Crippen LogP contribution in [0.25, 0.3) is 0 Å². The minimum absolute atomic E-state index is 0.0511. The standard InChI is InChI=1S/C35H27NO8/c37-28(21-10-14-25(15-11-21)44-35(41)29-7-4-16-42-29)19-43-34(40)22-8-12-24(13-9-22)36-32(38)30-23-17-26(20-5-2-1-3-6-20)27(18-23)31(30)33(36)39/h1-16,23,26-27,30-31H,17-19H2/t23-,26-,27+,30-,31-/m1/s1. The molecule has 3 aliphatic rings. The fraction of sp³-hybridized carbons (Fsp3) is 0.229. The number of esters is 2. The van der Waals surface area contributed by atoms with Crippen molar-refractivity contribution < 1.29 is 37.9 Å². The minimum Gasteiger partial charge on any atom is -0.457 e. The molecule has 0 spiro atoms. The highest BCUT2D eigenvalue weighted by Crippen LogP contribution is 2.61. The summed E-state index contributed by atoms with van der Waals surface area (Å²) >= 11 is 0. The first-order valence-electron chi connectivity index (χ1n) is 14.5. The number of rotatable bonds is 8. The largest absolute Gasteiger partial charge is 0.457 e. The van der Waals surface area contributed by atoms with Crippen LogP contribution >= 0.6 is 0 Å². The van der Waals surface area contributed by atoms with Gasteiger partial charge in [-0.2, -0.15) is 0 Å². The number of carbonyl (C=O) groups is 5. The van der Waals surface area contributed by atoms with Gasteiger partial charge in [-0.1, -0.05) is 30.3 Å². The van der Waals surface area contributed by atoms with E-state index >= 15 is 0 Å². The van der Waals surface area contributed by atoms with Crippen LogP contribution < -0.4 is 9.64 Å². The van der Waals surface area contributed by atoms with Crippen LogP contribution in [0.2, 0.25) is 0 Å². The Kier molecular flexibility index (Phi) is 6.93. The number of carbonyl (C=O) groups excluding carboxylic acids is 5. The van der Waals surface area contributed by atoms with Gasteiger partial charge < -0.3 is 13.9 Å². The number of imide groups is 1. The number of furan rings is 1. The molecule has 1 aromatic heterocycles. The first-order chi connectivity index (χ1) is 21.4. The van der Waals surface area contributed by atoms with Crippen molar-refractivity contribution in [1.82, 2.24) is 0 Å². The van der Waals surface area contributed by atoms with Gasteiger partial charge in [-0.15, -0.1) is 0 Å². The maximum Gasteiger partial charge on any atom is 0.379 e. The first kappa shape index (κ1) is 27.5. The molecule has 1 aliphatic heterocycles. The fourth-order valence-corrected chi connectivity index (χ4v) is 7.10. The van der Waals surface area contributed by atoms with Crippen molar-refractivity contribution in [3.05, 3.63) is 120 Å². The van der Waals surface area contributed by atoms with Crippen LogP contribution in [0.4, 0.5) is 5.69 Å². The first-order valence-corrected chi connectivity index (χ1v) is 14.5. The summed E-state index contributed by atoms with van der Waals surface area (Å²) in [6.07, 6.45) is 3.17. The monoisotopic (exact) mass is 589 g/mol. The summed E-state index contributed by atoms with van der Waals surface area (Å²) in [6, 6.07) is 25.2. The number of benzene rings is 3. The lowest BCUT2D eigenvalue weighted by molar-refractivity contribution is -0.123. The number of nitrogens with zero attached hydrogens (tertiary/aromatic N) is 1. The number of hydrogen-bond acceptors (Lipinski definition) is 8. The second-order valence-corrected chi connectivity index (χ2v) is 11.4. The van der Waals surface area contributed by atoms with Gasteiger partial charge in [0.1, 0.15) is 5.75 Å². The molecule has 220 valence electrons. The van der Waals surface area contributed by atoms with E-state index < -0.39 is 24.3 Å². The number of hydrogen-bond donors (Lipinski definition) is 0. The molecule has 3 fully saturated rings. The molecule has 2 saturated carbocycles. The molecule has 2 aliphatic carbocycles. The number of ether oxygens (including phenoxy) is 2. The lowest BCUT2D eigenvalue weighted by Crippen LogP contribution is -2.33. The highest BCUT2D eigenvalue weighted by atomic mass is 16.5. The molecular weight excluding hydrogens is 562 g/mol. The summed E-state index contributed by atoms with van der Waals surface area (Å²) in [5.74, 6) is -1.88. The summed E-state index contributed by atoms with van der Waals surface area (Å²) in [4.78, 5) is 65.5. The third kappa shape index (κ3) is 4.80. The highest BCUT2D eigenvalue weighted by Gasteiger charge is 2.64. The highest BCUT2D eigenvalue weighted by molar-refractivity contribution is 6.22. The Hall–Kier alpha value is -5.31. The van der Waals surface area contributed by atoms with Crippen LogP contribution in [0.15, 0.2) is 102 Å². The molecule has 2 bridgehead atoms. The molecule has 0 radical (unpaired) electrons. The zero-order valence-corrected chi connectivity index (χ0v) is 23.5. The Morgan fingerprint density at radius 3 is 2.16 bits per heavy atom. The van der Waals surface area contributed by atoms with E-state index in [-0.39, 0.29) is 64.0 Å². The van der Waals surface area contributed by atoms with Gasteiger partial charge in [0.15, 0.2) is 12.4 Å². The van der Waals surface area contributed by atoms with E-state index in [9.17, 15) is 24.0 Å². The smallest absolute Gasteiger partial charge is 0.379 e. The molecule has 7 rings (SSSR count). The molecule has 9 nitrogen and oxygen atoms in total. The Bertz CT molecular complexity index is 1740. The van der Waals surface area contributed by atoms with Crippen LogP contribution in [0.5, 0.6) is 5.75 Å². The zero-order chi connectivity index (χ0) is 30.4. The van der Waals surface area contributed by atoms with E-state index in [1.807, 2.05) is 18.2 Å². The van der Waals surface area contributed by atoms with Crippen LogP contribution in [0.3, 0.4) is 0 Å². The Morgan fingerprint density at radius 2 is 1.45 bits per heavy atom. The lowest BCUT2D eigenvalue weighted by Gasteiger charge is -2.28. The average molecular weight is 590 g/mol. The molecule has 44 heavy (non-hydrogen) atoms. The normalized spacial score (nSPS) is 23.5. The topological polar surface area (TPSA) is 120 Å². The van der Waals surface area contributed by atoms with Gasteiger partial charge in [0.25, 0.3) is 0 Å². The molecule has 9 heteroatoms. The van der Waals surface area contributed by atoms with Crippen LogP contribution in [0.1, 0.15) is 55.6 Å². The summed E-state index contributed by atoms with van der Waals surface area (Å²) in [5, 5.41) is 0. The predicted molar refractivity (Wildman–Crippen MR) is 156 cm³/mol. The van der Waals surface area contributed by atoms with Crippen molar-refractivity contribution in [3.8, 4) is 5.75 Å². The SMILES string of the molecule is O=C(COC(=O)c1ccc(N2C(=O)[C@@H]3[C@H]4C[C@H]([C@H]3C2=O)[C@@H](c2ccccc2)C4)cc1)c1ccc(OC(=O)c2ccco2)cc1. The number of ketones is 1. The van der Waals surface area contributed by atoms with Crippen molar-refractivity contribution in [2.75, 3.05) is 11.5 Å². The average Bonchev–Trinajstić information content (AvgIpc) is 3.85. The fourth-order valence-electron chi connectivity index (χ4n) is 7.10. The second-order valence-electron chi connectivity index (χ2n) is 11.4. The number of amides is 2. The number of Topliss-reactive ketones (excluding diaryl/α,β-unsaturated/α-hetero) is 1. The molecule has 0 unspecified atom stereocenters. The van der Waals surface area contributed by atoms with Crippen molar-refractivity contribution >= 4 is 35.2 Å². The number of fused-ring (bicyclic) bond motifs is 5. The summed E-state index contributed by atoms with van der Waals surface area (Å²) < 4.78 is 15.4. The molecule has 2 amide bonds.